The Bertz CT molecular complexity index is 1480. The molecule has 8 nitrogen and oxygen atoms in total. The maximum atomic E-state index is 13.3. The third-order valence-electron chi connectivity index (χ3n) is 8.95. The molecule has 1 saturated carbocycles. The molecule has 3 aromatic carbocycles. The third kappa shape index (κ3) is 9.53. The Morgan fingerprint density at radius 3 is 2.04 bits per heavy atom. The molecule has 3 aromatic rings. The van der Waals surface area contributed by atoms with Crippen molar-refractivity contribution in [3.63, 3.8) is 0 Å². The Morgan fingerprint density at radius 2 is 1.46 bits per heavy atom. The van der Waals surface area contributed by atoms with E-state index < -0.39 is 17.7 Å². The minimum absolute atomic E-state index is 0.0262. The van der Waals surface area contributed by atoms with Gasteiger partial charge in [-0.2, -0.15) is 0 Å². The van der Waals surface area contributed by atoms with Crippen molar-refractivity contribution >= 4 is 12.1 Å². The molecule has 8 heteroatoms. The number of esters is 1. The number of benzene rings is 3. The molecule has 2 fully saturated rings. The van der Waals surface area contributed by atoms with Crippen molar-refractivity contribution in [2.75, 3.05) is 32.8 Å². The van der Waals surface area contributed by atoms with Gasteiger partial charge in [-0.1, -0.05) is 75.4 Å². The maximum absolute atomic E-state index is 13.3. The highest BCUT2D eigenvalue weighted by Gasteiger charge is 2.59. The summed E-state index contributed by atoms with van der Waals surface area (Å²) in [6.07, 6.45) is -0.701. The molecule has 1 heterocycles. The zero-order valence-electron chi connectivity index (χ0n) is 29.6. The fraction of sp³-hybridized carbons (Fsp3) is 0.500. The number of rotatable bonds is 13. The van der Waals surface area contributed by atoms with E-state index in [-0.39, 0.29) is 24.2 Å². The van der Waals surface area contributed by atoms with Crippen molar-refractivity contribution in [3.8, 4) is 11.5 Å². The number of nitrogens with zero attached hydrogens (tertiary/aromatic N) is 2. The average Bonchev–Trinajstić information content (AvgIpc) is 3.50. The Hall–Kier alpha value is -4.04. The molecule has 0 radical (unpaired) electrons. The smallest absolute Gasteiger partial charge is 0.410 e. The number of ether oxygens (including phenoxy) is 4. The number of carbonyl (C=O) groups is 2. The molecule has 1 unspecified atom stereocenters. The maximum Gasteiger partial charge on any atom is 0.410 e. The van der Waals surface area contributed by atoms with E-state index in [9.17, 15) is 9.59 Å². The highest BCUT2D eigenvalue weighted by Crippen LogP contribution is 2.49. The van der Waals surface area contributed by atoms with E-state index in [2.05, 4.69) is 49.9 Å². The van der Waals surface area contributed by atoms with Crippen LogP contribution in [0, 0.1) is 11.8 Å². The second-order valence-corrected chi connectivity index (χ2v) is 15.0. The second kappa shape index (κ2) is 15.0. The first kappa shape index (κ1) is 35.3. The molecule has 258 valence electrons. The summed E-state index contributed by atoms with van der Waals surface area (Å²) in [6.45, 7) is 17.9. The average molecular weight is 657 g/mol. The monoisotopic (exact) mass is 656 g/mol. The molecule has 2 aliphatic rings. The molecule has 1 aliphatic heterocycles. The van der Waals surface area contributed by atoms with Gasteiger partial charge in [0.05, 0.1) is 13.2 Å². The largest absolute Gasteiger partial charge is 0.492 e. The van der Waals surface area contributed by atoms with Crippen molar-refractivity contribution in [3.05, 3.63) is 95.6 Å². The predicted molar refractivity (Wildman–Crippen MR) is 187 cm³/mol. The lowest BCUT2D eigenvalue weighted by Crippen LogP contribution is -2.43. The number of carbonyl (C=O) groups excluding carboxylic acids is 2. The summed E-state index contributed by atoms with van der Waals surface area (Å²) < 4.78 is 23.4. The van der Waals surface area contributed by atoms with Gasteiger partial charge < -0.3 is 23.8 Å². The molecular formula is C40H52N2O6. The third-order valence-corrected chi connectivity index (χ3v) is 8.95. The van der Waals surface area contributed by atoms with Crippen LogP contribution in [0.25, 0.3) is 0 Å². The Morgan fingerprint density at radius 1 is 0.833 bits per heavy atom. The van der Waals surface area contributed by atoms with Crippen molar-refractivity contribution in [2.24, 2.45) is 11.8 Å². The van der Waals surface area contributed by atoms with E-state index in [1.807, 2.05) is 80.3 Å². The fourth-order valence-electron chi connectivity index (χ4n) is 6.50. The molecular weight excluding hydrogens is 604 g/mol. The van der Waals surface area contributed by atoms with Gasteiger partial charge in [0, 0.05) is 32.1 Å². The highest BCUT2D eigenvalue weighted by molar-refractivity contribution is 5.75. The van der Waals surface area contributed by atoms with Gasteiger partial charge in [-0.3, -0.25) is 4.90 Å². The molecule has 1 aliphatic carbocycles. The van der Waals surface area contributed by atoms with Crippen LogP contribution >= 0.6 is 0 Å². The van der Waals surface area contributed by atoms with E-state index in [0.29, 0.717) is 42.9 Å². The van der Waals surface area contributed by atoms with E-state index in [0.717, 1.165) is 25.2 Å². The van der Waals surface area contributed by atoms with Crippen LogP contribution in [0.4, 0.5) is 4.79 Å². The normalized spacial score (nSPS) is 19.6. The fourth-order valence-corrected chi connectivity index (χ4v) is 6.50. The van der Waals surface area contributed by atoms with Crippen LogP contribution in [0.1, 0.15) is 65.2 Å². The summed E-state index contributed by atoms with van der Waals surface area (Å²) in [4.78, 5) is 30.5. The second-order valence-electron chi connectivity index (χ2n) is 15.0. The molecule has 0 N–H and O–H groups in total. The number of amides is 1. The van der Waals surface area contributed by atoms with Gasteiger partial charge in [-0.05, 0) is 85.9 Å². The highest BCUT2D eigenvalue weighted by atomic mass is 16.6. The Labute approximate surface area is 286 Å². The summed E-state index contributed by atoms with van der Waals surface area (Å²) in [5.74, 6) is 1.82. The van der Waals surface area contributed by atoms with Crippen LogP contribution < -0.4 is 9.47 Å². The lowest BCUT2D eigenvalue weighted by molar-refractivity contribution is -0.151. The van der Waals surface area contributed by atoms with Gasteiger partial charge in [-0.15, -0.1) is 0 Å². The van der Waals surface area contributed by atoms with Gasteiger partial charge in [0.2, 0.25) is 0 Å². The van der Waals surface area contributed by atoms with Crippen LogP contribution in [0.5, 0.6) is 11.5 Å². The van der Waals surface area contributed by atoms with Gasteiger partial charge in [0.15, 0.2) is 6.10 Å². The summed E-state index contributed by atoms with van der Waals surface area (Å²) in [5.41, 5.74) is 2.88. The molecule has 0 bridgehead atoms. The molecule has 1 amide bonds. The number of hydrogen-bond acceptors (Lipinski definition) is 7. The van der Waals surface area contributed by atoms with Crippen molar-refractivity contribution in [1.29, 1.82) is 0 Å². The zero-order valence-corrected chi connectivity index (χ0v) is 29.6. The van der Waals surface area contributed by atoms with Gasteiger partial charge >= 0.3 is 12.1 Å². The minimum Gasteiger partial charge on any atom is -0.492 e. The lowest BCUT2D eigenvalue weighted by atomic mass is 9.87. The van der Waals surface area contributed by atoms with Crippen molar-refractivity contribution < 1.29 is 28.5 Å². The number of hydrogen-bond donors (Lipinski definition) is 0. The van der Waals surface area contributed by atoms with Crippen molar-refractivity contribution in [2.45, 2.75) is 84.6 Å². The standard InChI is InChI=1S/C40H52N2O6/c1-8-45-37(43)35(47-32-20-16-30(17-21-32)39(2,3)4)24-28-14-18-31(19-15-28)46-23-22-42(38(44)48-40(5,6)7)36-33-26-41(27-34(33)36)25-29-12-10-9-11-13-29/h9-21,33-36H,8,22-27H2,1-7H3/t33-,34?,35+,36+/m1/s1. The summed E-state index contributed by atoms with van der Waals surface area (Å²) >= 11 is 0. The first-order valence-corrected chi connectivity index (χ1v) is 17.2. The molecule has 0 aromatic heterocycles. The van der Waals surface area contributed by atoms with Crippen LogP contribution in [-0.2, 0) is 32.6 Å². The van der Waals surface area contributed by atoms with E-state index >= 15 is 0 Å². The molecule has 4 atom stereocenters. The summed E-state index contributed by atoms with van der Waals surface area (Å²) in [6, 6.07) is 26.2. The lowest BCUT2D eigenvalue weighted by Gasteiger charge is -2.30. The molecule has 5 rings (SSSR count). The van der Waals surface area contributed by atoms with E-state index in [1.165, 1.54) is 11.1 Å². The topological polar surface area (TPSA) is 77.5 Å². The number of fused-ring (bicyclic) bond motifs is 1. The van der Waals surface area contributed by atoms with Crippen LogP contribution in [0.2, 0.25) is 0 Å². The van der Waals surface area contributed by atoms with Crippen LogP contribution in [-0.4, -0.2) is 72.5 Å². The van der Waals surface area contributed by atoms with E-state index in [1.54, 1.807) is 6.92 Å². The van der Waals surface area contributed by atoms with Crippen molar-refractivity contribution in [1.82, 2.24) is 9.80 Å². The molecule has 1 saturated heterocycles. The van der Waals surface area contributed by atoms with Crippen LogP contribution in [0.3, 0.4) is 0 Å². The van der Waals surface area contributed by atoms with E-state index in [4.69, 9.17) is 18.9 Å². The SMILES string of the molecule is CCOC(=O)[C@H](Cc1ccc(OCCN(C(=O)OC(C)(C)C)[C@@H]2C3CN(Cc4ccccc4)C[C@H]32)cc1)Oc1ccc(C(C)(C)C)cc1. The molecule has 48 heavy (non-hydrogen) atoms. The summed E-state index contributed by atoms with van der Waals surface area (Å²) in [5, 5.41) is 0. The first-order chi connectivity index (χ1) is 22.8. The quantitative estimate of drug-likeness (QED) is 0.179. The minimum atomic E-state index is -0.777. The predicted octanol–water partition coefficient (Wildman–Crippen LogP) is 7.28. The number of piperidine rings is 1. The van der Waals surface area contributed by atoms with Gasteiger partial charge in [0.1, 0.15) is 23.7 Å². The first-order valence-electron chi connectivity index (χ1n) is 17.2. The number of likely N-dealkylation sites (tertiary alicyclic amines) is 1. The Balaban J connectivity index is 1.16. The van der Waals surface area contributed by atoms with Gasteiger partial charge in [-0.25, -0.2) is 9.59 Å². The van der Waals surface area contributed by atoms with Gasteiger partial charge in [0.25, 0.3) is 0 Å². The van der Waals surface area contributed by atoms with Crippen LogP contribution in [0.15, 0.2) is 78.9 Å². The Kier molecular flexibility index (Phi) is 11.0. The summed E-state index contributed by atoms with van der Waals surface area (Å²) in [7, 11) is 0. The molecule has 0 spiro atoms. The zero-order chi connectivity index (χ0) is 34.5.